The number of aryl methyl sites for hydroxylation is 1. The molecule has 0 aliphatic carbocycles. The van der Waals surface area contributed by atoms with Gasteiger partial charge in [-0.05, 0) is 25.3 Å². The smallest absolute Gasteiger partial charge is 0.0692 e. The van der Waals surface area contributed by atoms with Crippen molar-refractivity contribution < 1.29 is 0 Å². The van der Waals surface area contributed by atoms with Gasteiger partial charge in [0.15, 0.2) is 0 Å². The first kappa shape index (κ1) is 12.2. The molecular formula is C11H22N4. The maximum absolute atomic E-state index is 3.93. The van der Waals surface area contributed by atoms with Crippen LogP contribution >= 0.6 is 0 Å². The van der Waals surface area contributed by atoms with Gasteiger partial charge in [0.1, 0.15) is 0 Å². The number of nitrogens with one attached hydrogen (secondary N) is 1. The zero-order valence-electron chi connectivity index (χ0n) is 9.98. The minimum absolute atomic E-state index is 0.640. The van der Waals surface area contributed by atoms with Gasteiger partial charge in [0.25, 0.3) is 0 Å². The van der Waals surface area contributed by atoms with Gasteiger partial charge in [-0.2, -0.15) is 0 Å². The number of aromatic nitrogens is 3. The van der Waals surface area contributed by atoms with E-state index in [1.807, 2.05) is 10.9 Å². The molecule has 4 nitrogen and oxygen atoms in total. The summed E-state index contributed by atoms with van der Waals surface area (Å²) in [5.74, 6) is 0.710. The van der Waals surface area contributed by atoms with Gasteiger partial charge in [-0.25, -0.2) is 0 Å². The second kappa shape index (κ2) is 6.56. The predicted molar refractivity (Wildman–Crippen MR) is 61.6 cm³/mol. The Bertz CT molecular complexity index is 243. The van der Waals surface area contributed by atoms with E-state index in [4.69, 9.17) is 0 Å². The van der Waals surface area contributed by atoms with Gasteiger partial charge in [-0.1, -0.05) is 26.0 Å². The maximum Gasteiger partial charge on any atom is 0.0692 e. The maximum atomic E-state index is 3.93. The van der Waals surface area contributed by atoms with Crippen LogP contribution in [0, 0.1) is 5.92 Å². The van der Waals surface area contributed by atoms with Crippen molar-refractivity contribution in [2.24, 2.45) is 5.92 Å². The van der Waals surface area contributed by atoms with Crippen LogP contribution in [0.1, 0.15) is 33.6 Å². The molecule has 1 N–H and O–H groups in total. The van der Waals surface area contributed by atoms with Crippen molar-refractivity contribution >= 4 is 0 Å². The van der Waals surface area contributed by atoms with Crippen LogP contribution in [-0.2, 0) is 6.54 Å². The Morgan fingerprint density at radius 1 is 1.40 bits per heavy atom. The van der Waals surface area contributed by atoms with E-state index >= 15 is 0 Å². The standard InChI is InChI=1S/C11H22N4/c1-4-11(10(2)3)12-6-5-8-15-9-7-13-14-15/h7,9-12H,4-6,8H2,1-3H3. The van der Waals surface area contributed by atoms with Crippen LogP contribution < -0.4 is 5.32 Å². The lowest BCUT2D eigenvalue weighted by molar-refractivity contribution is 0.379. The summed E-state index contributed by atoms with van der Waals surface area (Å²) < 4.78 is 1.87. The third-order valence-electron chi connectivity index (χ3n) is 2.69. The average molecular weight is 210 g/mol. The fraction of sp³-hybridized carbons (Fsp3) is 0.818. The van der Waals surface area contributed by atoms with Crippen molar-refractivity contribution in [1.29, 1.82) is 0 Å². The SMILES string of the molecule is CCC(NCCCn1ccnn1)C(C)C. The Morgan fingerprint density at radius 2 is 2.20 bits per heavy atom. The Balaban J connectivity index is 2.10. The van der Waals surface area contributed by atoms with E-state index in [1.54, 1.807) is 6.20 Å². The highest BCUT2D eigenvalue weighted by atomic mass is 15.4. The van der Waals surface area contributed by atoms with E-state index in [1.165, 1.54) is 6.42 Å². The van der Waals surface area contributed by atoms with Gasteiger partial charge in [-0.15, -0.1) is 5.10 Å². The van der Waals surface area contributed by atoms with Gasteiger partial charge in [0.2, 0.25) is 0 Å². The van der Waals surface area contributed by atoms with Crippen molar-refractivity contribution in [1.82, 2.24) is 20.3 Å². The lowest BCUT2D eigenvalue weighted by Crippen LogP contribution is -2.34. The molecule has 0 saturated carbocycles. The molecule has 0 aliphatic heterocycles. The highest BCUT2D eigenvalue weighted by Gasteiger charge is 2.08. The van der Waals surface area contributed by atoms with E-state index < -0.39 is 0 Å². The van der Waals surface area contributed by atoms with Crippen molar-refractivity contribution in [2.75, 3.05) is 6.54 Å². The number of hydrogen-bond donors (Lipinski definition) is 1. The molecular weight excluding hydrogens is 188 g/mol. The summed E-state index contributed by atoms with van der Waals surface area (Å²) in [5.41, 5.74) is 0. The Labute approximate surface area is 92.1 Å². The summed E-state index contributed by atoms with van der Waals surface area (Å²) >= 11 is 0. The molecule has 0 aromatic carbocycles. The van der Waals surface area contributed by atoms with Crippen molar-refractivity contribution in [3.63, 3.8) is 0 Å². The second-order valence-electron chi connectivity index (χ2n) is 4.23. The summed E-state index contributed by atoms with van der Waals surface area (Å²) in [5, 5.41) is 11.3. The van der Waals surface area contributed by atoms with Gasteiger partial charge in [-0.3, -0.25) is 4.68 Å². The van der Waals surface area contributed by atoms with Crippen LogP contribution in [-0.4, -0.2) is 27.6 Å². The summed E-state index contributed by atoms with van der Waals surface area (Å²) in [6.07, 6.45) is 5.92. The van der Waals surface area contributed by atoms with E-state index in [0.29, 0.717) is 12.0 Å². The van der Waals surface area contributed by atoms with Gasteiger partial charge in [0, 0.05) is 18.8 Å². The van der Waals surface area contributed by atoms with Crippen LogP contribution in [0.15, 0.2) is 12.4 Å². The third kappa shape index (κ3) is 4.42. The molecule has 1 rings (SSSR count). The average Bonchev–Trinajstić information content (AvgIpc) is 2.70. The zero-order valence-corrected chi connectivity index (χ0v) is 9.98. The van der Waals surface area contributed by atoms with Crippen molar-refractivity contribution in [3.8, 4) is 0 Å². The van der Waals surface area contributed by atoms with Crippen LogP contribution in [0.2, 0.25) is 0 Å². The molecule has 1 heterocycles. The first-order valence-electron chi connectivity index (χ1n) is 5.81. The van der Waals surface area contributed by atoms with E-state index in [2.05, 4.69) is 36.4 Å². The van der Waals surface area contributed by atoms with Crippen LogP contribution in [0.25, 0.3) is 0 Å². The van der Waals surface area contributed by atoms with E-state index in [-0.39, 0.29) is 0 Å². The van der Waals surface area contributed by atoms with Crippen LogP contribution in [0.4, 0.5) is 0 Å². The van der Waals surface area contributed by atoms with Crippen LogP contribution in [0.3, 0.4) is 0 Å². The molecule has 86 valence electrons. The molecule has 0 saturated heterocycles. The summed E-state index contributed by atoms with van der Waals surface area (Å²) in [6.45, 7) is 8.75. The molecule has 0 spiro atoms. The molecule has 1 aromatic heterocycles. The third-order valence-corrected chi connectivity index (χ3v) is 2.69. The predicted octanol–water partition coefficient (Wildman–Crippen LogP) is 1.69. The highest BCUT2D eigenvalue weighted by molar-refractivity contribution is 4.69. The van der Waals surface area contributed by atoms with Crippen LogP contribution in [0.5, 0.6) is 0 Å². The monoisotopic (exact) mass is 210 g/mol. The molecule has 0 radical (unpaired) electrons. The van der Waals surface area contributed by atoms with Crippen molar-refractivity contribution in [3.05, 3.63) is 12.4 Å². The number of rotatable bonds is 7. The van der Waals surface area contributed by atoms with E-state index in [9.17, 15) is 0 Å². The quantitative estimate of drug-likeness (QED) is 0.696. The van der Waals surface area contributed by atoms with Crippen molar-refractivity contribution in [2.45, 2.75) is 46.2 Å². The summed E-state index contributed by atoms with van der Waals surface area (Å²) in [7, 11) is 0. The largest absolute Gasteiger partial charge is 0.314 e. The summed E-state index contributed by atoms with van der Waals surface area (Å²) in [4.78, 5) is 0. The molecule has 1 unspecified atom stereocenters. The molecule has 0 fully saturated rings. The highest BCUT2D eigenvalue weighted by Crippen LogP contribution is 2.04. The first-order valence-corrected chi connectivity index (χ1v) is 5.81. The molecule has 15 heavy (non-hydrogen) atoms. The molecule has 1 aromatic rings. The minimum atomic E-state index is 0.640. The second-order valence-corrected chi connectivity index (χ2v) is 4.23. The number of nitrogens with zero attached hydrogens (tertiary/aromatic N) is 3. The van der Waals surface area contributed by atoms with Gasteiger partial charge >= 0.3 is 0 Å². The molecule has 4 heteroatoms. The van der Waals surface area contributed by atoms with Gasteiger partial charge in [0.05, 0.1) is 6.20 Å². The fourth-order valence-electron chi connectivity index (χ4n) is 1.73. The Morgan fingerprint density at radius 3 is 2.73 bits per heavy atom. The van der Waals surface area contributed by atoms with E-state index in [0.717, 1.165) is 19.5 Å². The lowest BCUT2D eigenvalue weighted by Gasteiger charge is -2.20. The van der Waals surface area contributed by atoms with Gasteiger partial charge < -0.3 is 5.32 Å². The zero-order chi connectivity index (χ0) is 11.1. The number of hydrogen-bond acceptors (Lipinski definition) is 3. The normalized spacial score (nSPS) is 13.3. The first-order chi connectivity index (χ1) is 7.24. The minimum Gasteiger partial charge on any atom is -0.314 e. The Hall–Kier alpha value is -0.900. The lowest BCUT2D eigenvalue weighted by atomic mass is 10.0. The fourth-order valence-corrected chi connectivity index (χ4v) is 1.73. The molecule has 0 aliphatic rings. The summed E-state index contributed by atoms with van der Waals surface area (Å²) in [6, 6.07) is 0.640. The topological polar surface area (TPSA) is 42.7 Å². The Kier molecular flexibility index (Phi) is 5.32. The molecule has 0 amide bonds. The molecule has 0 bridgehead atoms. The molecule has 1 atom stereocenters.